The largest absolute Gasteiger partial charge is 0.478 e. The number of carboxylic acid groups (broad SMARTS) is 1. The second-order valence-electron chi connectivity index (χ2n) is 5.57. The second kappa shape index (κ2) is 5.44. The van der Waals surface area contributed by atoms with Crippen LogP contribution in [-0.2, 0) is 0 Å². The molecule has 0 saturated heterocycles. The van der Waals surface area contributed by atoms with E-state index in [1.54, 1.807) is 6.07 Å². The third-order valence-corrected chi connectivity index (χ3v) is 4.15. The van der Waals surface area contributed by atoms with E-state index in [2.05, 4.69) is 26.6 Å². The maximum atomic E-state index is 12.0. The van der Waals surface area contributed by atoms with Gasteiger partial charge in [-0.3, -0.25) is 0 Å². The third kappa shape index (κ3) is 3.50. The van der Waals surface area contributed by atoms with Crippen molar-refractivity contribution in [2.24, 2.45) is 5.92 Å². The van der Waals surface area contributed by atoms with Crippen LogP contribution in [-0.4, -0.2) is 22.6 Å². The van der Waals surface area contributed by atoms with Crippen LogP contribution in [0.1, 0.15) is 37.0 Å². The second-order valence-corrected chi connectivity index (χ2v) is 6.43. The van der Waals surface area contributed by atoms with Crippen molar-refractivity contribution in [2.75, 3.05) is 5.32 Å². The summed E-state index contributed by atoms with van der Waals surface area (Å²) in [7, 11) is 0. The first-order valence-corrected chi connectivity index (χ1v) is 7.21. The average molecular weight is 341 g/mol. The third-order valence-electron chi connectivity index (χ3n) is 3.50. The minimum absolute atomic E-state index is 0.168. The molecule has 2 amide bonds. The van der Waals surface area contributed by atoms with E-state index in [-0.39, 0.29) is 17.1 Å². The fourth-order valence-electron chi connectivity index (χ4n) is 2.10. The predicted octanol–water partition coefficient (Wildman–Crippen LogP) is 3.46. The van der Waals surface area contributed by atoms with Gasteiger partial charge < -0.3 is 15.7 Å². The van der Waals surface area contributed by atoms with Gasteiger partial charge in [0.2, 0.25) is 0 Å². The van der Waals surface area contributed by atoms with Gasteiger partial charge in [-0.15, -0.1) is 0 Å². The van der Waals surface area contributed by atoms with Crippen molar-refractivity contribution in [1.29, 1.82) is 0 Å². The Morgan fingerprint density at radius 2 is 2.00 bits per heavy atom. The first kappa shape index (κ1) is 14.8. The van der Waals surface area contributed by atoms with E-state index >= 15 is 0 Å². The number of carboxylic acids is 1. The molecule has 1 aliphatic rings. The zero-order valence-corrected chi connectivity index (χ0v) is 13.0. The number of hydrogen-bond acceptors (Lipinski definition) is 2. The van der Waals surface area contributed by atoms with Crippen LogP contribution in [0.3, 0.4) is 0 Å². The average Bonchev–Trinajstić information content (AvgIpc) is 3.14. The number of halogens is 1. The molecule has 1 fully saturated rings. The fourth-order valence-corrected chi connectivity index (χ4v) is 2.58. The quantitative estimate of drug-likeness (QED) is 0.785. The summed E-state index contributed by atoms with van der Waals surface area (Å²) in [6, 6.07) is 4.20. The molecular weight excluding hydrogens is 324 g/mol. The lowest BCUT2D eigenvalue weighted by molar-refractivity contribution is 0.0697. The van der Waals surface area contributed by atoms with Crippen LogP contribution < -0.4 is 10.6 Å². The van der Waals surface area contributed by atoms with Gasteiger partial charge in [-0.2, -0.15) is 0 Å². The number of nitrogens with one attached hydrogen (secondary N) is 2. The van der Waals surface area contributed by atoms with Gasteiger partial charge in [0.25, 0.3) is 0 Å². The van der Waals surface area contributed by atoms with E-state index in [9.17, 15) is 9.59 Å². The van der Waals surface area contributed by atoms with Crippen LogP contribution in [0.15, 0.2) is 22.7 Å². The smallest absolute Gasteiger partial charge is 0.335 e. The van der Waals surface area contributed by atoms with Crippen molar-refractivity contribution in [3.8, 4) is 0 Å². The summed E-state index contributed by atoms with van der Waals surface area (Å²) in [5.74, 6) is -0.470. The van der Waals surface area contributed by atoms with Crippen molar-refractivity contribution >= 4 is 33.6 Å². The Morgan fingerprint density at radius 1 is 1.35 bits per heavy atom. The van der Waals surface area contributed by atoms with Crippen molar-refractivity contribution in [1.82, 2.24) is 5.32 Å². The Bertz CT molecular complexity index is 553. The topological polar surface area (TPSA) is 78.4 Å². The number of urea groups is 1. The molecule has 1 saturated carbocycles. The number of aromatic carboxylic acids is 1. The van der Waals surface area contributed by atoms with Crippen LogP contribution in [0, 0.1) is 5.92 Å². The molecule has 0 spiro atoms. The monoisotopic (exact) mass is 340 g/mol. The number of anilines is 1. The molecule has 0 heterocycles. The van der Waals surface area contributed by atoms with Gasteiger partial charge >= 0.3 is 12.0 Å². The maximum Gasteiger partial charge on any atom is 0.335 e. The zero-order chi connectivity index (χ0) is 14.9. The molecule has 2 rings (SSSR count). The summed E-state index contributed by atoms with van der Waals surface area (Å²) in [5, 5.41) is 14.6. The molecule has 0 aliphatic heterocycles. The Hall–Kier alpha value is -1.56. The predicted molar refractivity (Wildman–Crippen MR) is 80.1 cm³/mol. The molecule has 6 heteroatoms. The first-order valence-electron chi connectivity index (χ1n) is 6.41. The van der Waals surface area contributed by atoms with E-state index < -0.39 is 5.97 Å². The highest BCUT2D eigenvalue weighted by molar-refractivity contribution is 9.10. The Labute approximate surface area is 125 Å². The van der Waals surface area contributed by atoms with Gasteiger partial charge in [0, 0.05) is 10.0 Å². The SMILES string of the molecule is CC(C)(NC(=O)Nc1ccc(C(=O)O)cc1Br)C1CC1. The number of carbonyl (C=O) groups excluding carboxylic acids is 1. The lowest BCUT2D eigenvalue weighted by atomic mass is 9.99. The maximum absolute atomic E-state index is 12.0. The number of carbonyl (C=O) groups is 2. The summed E-state index contributed by atoms with van der Waals surface area (Å²) in [5.41, 5.74) is 0.484. The summed E-state index contributed by atoms with van der Waals surface area (Å²) in [6.45, 7) is 4.01. The van der Waals surface area contributed by atoms with Crippen molar-refractivity contribution in [3.05, 3.63) is 28.2 Å². The summed E-state index contributed by atoms with van der Waals surface area (Å²) in [6.07, 6.45) is 2.29. The normalized spacial score (nSPS) is 14.8. The van der Waals surface area contributed by atoms with Crippen molar-refractivity contribution in [2.45, 2.75) is 32.2 Å². The van der Waals surface area contributed by atoms with Crippen molar-refractivity contribution < 1.29 is 14.7 Å². The molecule has 1 aliphatic carbocycles. The molecule has 20 heavy (non-hydrogen) atoms. The number of hydrogen-bond donors (Lipinski definition) is 3. The first-order chi connectivity index (χ1) is 9.29. The van der Waals surface area contributed by atoms with E-state index in [1.807, 2.05) is 13.8 Å². The van der Waals surface area contributed by atoms with E-state index in [1.165, 1.54) is 12.1 Å². The lowest BCUT2D eigenvalue weighted by Crippen LogP contribution is -2.47. The van der Waals surface area contributed by atoms with E-state index in [4.69, 9.17) is 5.11 Å². The van der Waals surface area contributed by atoms with Crippen LogP contribution in [0.25, 0.3) is 0 Å². The van der Waals surface area contributed by atoms with Crippen LogP contribution in [0.5, 0.6) is 0 Å². The van der Waals surface area contributed by atoms with Gasteiger partial charge in [-0.25, -0.2) is 9.59 Å². The fraction of sp³-hybridized carbons (Fsp3) is 0.429. The molecule has 0 aromatic heterocycles. The summed E-state index contributed by atoms with van der Waals surface area (Å²) in [4.78, 5) is 22.8. The molecule has 0 bridgehead atoms. The molecule has 3 N–H and O–H groups in total. The molecule has 5 nitrogen and oxygen atoms in total. The number of rotatable bonds is 4. The van der Waals surface area contributed by atoms with Crippen LogP contribution in [0.2, 0.25) is 0 Å². The molecule has 108 valence electrons. The standard InChI is InChI=1S/C14H17BrN2O3/c1-14(2,9-4-5-9)17-13(20)16-11-6-3-8(12(18)19)7-10(11)15/h3,6-7,9H,4-5H2,1-2H3,(H,18,19)(H2,16,17,20). The van der Waals surface area contributed by atoms with Gasteiger partial charge in [-0.1, -0.05) is 0 Å². The number of amides is 2. The van der Waals surface area contributed by atoms with Crippen molar-refractivity contribution in [3.63, 3.8) is 0 Å². The van der Waals surface area contributed by atoms with Crippen LogP contribution in [0.4, 0.5) is 10.5 Å². The molecular formula is C14H17BrN2O3. The minimum Gasteiger partial charge on any atom is -0.478 e. The van der Waals surface area contributed by atoms with E-state index in [0.29, 0.717) is 16.1 Å². The highest BCUT2D eigenvalue weighted by Crippen LogP contribution is 2.39. The minimum atomic E-state index is -1.00. The van der Waals surface area contributed by atoms with Gasteiger partial charge in [0.15, 0.2) is 0 Å². The summed E-state index contributed by atoms with van der Waals surface area (Å²) < 4.78 is 0.539. The molecule has 0 radical (unpaired) electrons. The molecule has 0 atom stereocenters. The zero-order valence-electron chi connectivity index (χ0n) is 11.4. The van der Waals surface area contributed by atoms with Crippen LogP contribution >= 0.6 is 15.9 Å². The summed E-state index contributed by atoms with van der Waals surface area (Å²) >= 11 is 3.26. The van der Waals surface area contributed by atoms with Gasteiger partial charge in [0.05, 0.1) is 11.3 Å². The molecule has 1 aromatic carbocycles. The Morgan fingerprint density at radius 3 is 2.50 bits per heavy atom. The Balaban J connectivity index is 2.02. The van der Waals surface area contributed by atoms with Gasteiger partial charge in [0.1, 0.15) is 0 Å². The lowest BCUT2D eigenvalue weighted by Gasteiger charge is -2.26. The Kier molecular flexibility index (Phi) is 4.04. The highest BCUT2D eigenvalue weighted by atomic mass is 79.9. The number of benzene rings is 1. The molecule has 1 aromatic rings. The molecule has 0 unspecified atom stereocenters. The van der Waals surface area contributed by atoms with Gasteiger partial charge in [-0.05, 0) is 66.7 Å². The van der Waals surface area contributed by atoms with E-state index in [0.717, 1.165) is 12.8 Å². The highest BCUT2D eigenvalue weighted by Gasteiger charge is 2.38.